The van der Waals surface area contributed by atoms with E-state index in [2.05, 4.69) is 10.6 Å². The van der Waals surface area contributed by atoms with Gasteiger partial charge in [-0.05, 0) is 62.1 Å². The van der Waals surface area contributed by atoms with E-state index in [0.29, 0.717) is 40.9 Å². The molecule has 0 radical (unpaired) electrons. The highest BCUT2D eigenvalue weighted by Gasteiger charge is 2.23. The molecule has 0 atom stereocenters. The molecule has 2 aromatic heterocycles. The van der Waals surface area contributed by atoms with Crippen LogP contribution < -0.4 is 15.5 Å². The lowest BCUT2D eigenvalue weighted by molar-refractivity contribution is -0.384. The monoisotopic (exact) mass is 520 g/mol. The molecule has 0 aliphatic heterocycles. The number of rotatable bonds is 8. The molecule has 5 rings (SSSR count). The number of fused-ring (bicyclic) bond motifs is 1. The van der Waals surface area contributed by atoms with Gasteiger partial charge in [0.2, 0.25) is 5.95 Å². The number of hydrogen-bond acceptors (Lipinski definition) is 8. The number of anilines is 2. The summed E-state index contributed by atoms with van der Waals surface area (Å²) in [4.78, 5) is 22.5. The van der Waals surface area contributed by atoms with E-state index in [1.54, 1.807) is 18.2 Å². The van der Waals surface area contributed by atoms with Gasteiger partial charge in [0, 0.05) is 42.7 Å². The van der Waals surface area contributed by atoms with Crippen LogP contribution in [0.3, 0.4) is 0 Å². The first-order valence-corrected chi connectivity index (χ1v) is 12.7. The third kappa shape index (κ3) is 5.68. The molecule has 10 heteroatoms. The lowest BCUT2D eigenvalue weighted by Crippen LogP contribution is -2.36. The minimum atomic E-state index is -0.446. The number of nitrogens with one attached hydrogen (secondary N) is 2. The molecule has 4 aromatic rings. The summed E-state index contributed by atoms with van der Waals surface area (Å²) in [7, 11) is 3.99. The molecular formula is C27H29ClN6O3. The molecule has 2 aromatic carbocycles. The van der Waals surface area contributed by atoms with Crippen LogP contribution in [0.2, 0.25) is 5.02 Å². The summed E-state index contributed by atoms with van der Waals surface area (Å²) in [5.41, 5.74) is 1.28. The molecule has 2 N–H and O–H groups in total. The van der Waals surface area contributed by atoms with Crippen molar-refractivity contribution in [2.45, 2.75) is 44.3 Å². The van der Waals surface area contributed by atoms with Crippen LogP contribution in [0.25, 0.3) is 22.2 Å². The third-order valence-corrected chi connectivity index (χ3v) is 6.95. The molecule has 192 valence electrons. The number of hydrogen-bond donors (Lipinski definition) is 2. The zero-order valence-electron chi connectivity index (χ0n) is 20.8. The van der Waals surface area contributed by atoms with Crippen molar-refractivity contribution in [2.24, 2.45) is 0 Å². The van der Waals surface area contributed by atoms with Gasteiger partial charge in [-0.3, -0.25) is 10.1 Å². The van der Waals surface area contributed by atoms with Crippen molar-refractivity contribution in [1.29, 1.82) is 0 Å². The zero-order chi connectivity index (χ0) is 25.9. The van der Waals surface area contributed by atoms with E-state index in [4.69, 9.17) is 26.0 Å². The Morgan fingerprint density at radius 3 is 2.57 bits per heavy atom. The van der Waals surface area contributed by atoms with E-state index in [1.165, 1.54) is 6.07 Å². The molecule has 1 aliphatic carbocycles. The van der Waals surface area contributed by atoms with Crippen LogP contribution in [0.1, 0.15) is 31.4 Å². The van der Waals surface area contributed by atoms with E-state index in [0.717, 1.165) is 48.2 Å². The summed E-state index contributed by atoms with van der Waals surface area (Å²) in [5.74, 6) is 2.77. The standard InChI is InChI=1S/C27H29ClN6O3/c1-33(2)26-21-5-3-4-6-23(21)31-27(32-26)30-19-10-8-18(9-11-19)29-16-20-12-14-25(37-20)22-13-7-17(28)15-24(22)34(35)36/h3-7,12-15,18-19,29H,8-11,16H2,1-2H3,(H,30,31,32)/t18-,19+. The van der Waals surface area contributed by atoms with Gasteiger partial charge in [-0.25, -0.2) is 4.98 Å². The van der Waals surface area contributed by atoms with Gasteiger partial charge in [-0.2, -0.15) is 4.98 Å². The Hall–Kier alpha value is -3.69. The first kappa shape index (κ1) is 25.0. The van der Waals surface area contributed by atoms with Gasteiger partial charge in [0.05, 0.1) is 22.5 Å². The maximum absolute atomic E-state index is 11.4. The topological polar surface area (TPSA) is 109 Å². The highest BCUT2D eigenvalue weighted by Crippen LogP contribution is 2.33. The summed E-state index contributed by atoms with van der Waals surface area (Å²) in [6.45, 7) is 0.560. The average Bonchev–Trinajstić information content (AvgIpc) is 3.36. The summed E-state index contributed by atoms with van der Waals surface area (Å²) in [5, 5.41) is 19.9. The first-order valence-electron chi connectivity index (χ1n) is 12.3. The Bertz CT molecular complexity index is 1410. The molecule has 0 amide bonds. The number of nitro groups is 1. The van der Waals surface area contributed by atoms with Crippen LogP contribution >= 0.6 is 11.6 Å². The van der Waals surface area contributed by atoms with E-state index in [-0.39, 0.29) is 5.69 Å². The van der Waals surface area contributed by atoms with Crippen molar-refractivity contribution in [1.82, 2.24) is 15.3 Å². The number of benzene rings is 2. The number of nitrogens with zero attached hydrogens (tertiary/aromatic N) is 4. The van der Waals surface area contributed by atoms with Crippen LogP contribution in [-0.4, -0.2) is 41.1 Å². The predicted octanol–water partition coefficient (Wildman–Crippen LogP) is 6.03. The van der Waals surface area contributed by atoms with E-state index < -0.39 is 4.92 Å². The average molecular weight is 521 g/mol. The molecule has 0 bridgehead atoms. The van der Waals surface area contributed by atoms with Crippen molar-refractivity contribution in [3.63, 3.8) is 0 Å². The van der Waals surface area contributed by atoms with Crippen molar-refractivity contribution < 1.29 is 9.34 Å². The molecular weight excluding hydrogens is 492 g/mol. The van der Waals surface area contributed by atoms with Gasteiger partial charge in [0.15, 0.2) is 0 Å². The predicted molar refractivity (Wildman–Crippen MR) is 146 cm³/mol. The molecule has 1 saturated carbocycles. The first-order chi connectivity index (χ1) is 17.9. The van der Waals surface area contributed by atoms with Gasteiger partial charge >= 0.3 is 0 Å². The van der Waals surface area contributed by atoms with E-state index >= 15 is 0 Å². The van der Waals surface area contributed by atoms with Crippen molar-refractivity contribution in [3.05, 3.63) is 75.5 Å². The Balaban J connectivity index is 1.16. The van der Waals surface area contributed by atoms with Crippen LogP contribution in [0.5, 0.6) is 0 Å². The second-order valence-corrected chi connectivity index (χ2v) is 9.98. The normalized spacial score (nSPS) is 17.6. The summed E-state index contributed by atoms with van der Waals surface area (Å²) >= 11 is 5.93. The fraction of sp³-hybridized carbons (Fsp3) is 0.333. The number of furan rings is 1. The quantitative estimate of drug-likeness (QED) is 0.214. The van der Waals surface area contributed by atoms with Gasteiger partial charge < -0.3 is 20.0 Å². The fourth-order valence-electron chi connectivity index (χ4n) is 4.82. The van der Waals surface area contributed by atoms with Gasteiger partial charge in [-0.15, -0.1) is 0 Å². The van der Waals surface area contributed by atoms with E-state index in [1.807, 2.05) is 49.3 Å². The van der Waals surface area contributed by atoms with E-state index in [9.17, 15) is 10.1 Å². The zero-order valence-corrected chi connectivity index (χ0v) is 21.5. The Labute approximate surface area is 220 Å². The molecule has 2 heterocycles. The maximum Gasteiger partial charge on any atom is 0.281 e. The largest absolute Gasteiger partial charge is 0.459 e. The minimum Gasteiger partial charge on any atom is -0.459 e. The van der Waals surface area contributed by atoms with Crippen molar-refractivity contribution in [3.8, 4) is 11.3 Å². The Morgan fingerprint density at radius 1 is 1.05 bits per heavy atom. The van der Waals surface area contributed by atoms with Gasteiger partial charge in [0.25, 0.3) is 5.69 Å². The fourth-order valence-corrected chi connectivity index (χ4v) is 4.98. The molecule has 0 unspecified atom stereocenters. The third-order valence-electron chi connectivity index (χ3n) is 6.72. The Kier molecular flexibility index (Phi) is 7.25. The molecule has 0 saturated heterocycles. The maximum atomic E-state index is 11.4. The molecule has 1 fully saturated rings. The van der Waals surface area contributed by atoms with Gasteiger partial charge in [0.1, 0.15) is 17.3 Å². The number of nitro benzene ring substituents is 1. The summed E-state index contributed by atoms with van der Waals surface area (Å²) in [6.07, 6.45) is 4.04. The lowest BCUT2D eigenvalue weighted by Gasteiger charge is -2.30. The SMILES string of the molecule is CN(C)c1nc(N[C@H]2CC[C@@H](NCc3ccc(-c4ccc(Cl)cc4[N+](=O)[O-])o3)CC2)nc2ccccc12. The van der Waals surface area contributed by atoms with Crippen LogP contribution in [0.15, 0.2) is 59.0 Å². The molecule has 1 aliphatic rings. The molecule has 0 spiro atoms. The highest BCUT2D eigenvalue weighted by atomic mass is 35.5. The lowest BCUT2D eigenvalue weighted by atomic mass is 9.91. The van der Waals surface area contributed by atoms with Crippen LogP contribution in [0, 0.1) is 10.1 Å². The van der Waals surface area contributed by atoms with Crippen LogP contribution in [-0.2, 0) is 6.54 Å². The van der Waals surface area contributed by atoms with Gasteiger partial charge in [-0.1, -0.05) is 23.7 Å². The number of para-hydroxylation sites is 1. The van der Waals surface area contributed by atoms with Crippen molar-refractivity contribution in [2.75, 3.05) is 24.3 Å². The van der Waals surface area contributed by atoms with Crippen molar-refractivity contribution >= 4 is 40.0 Å². The minimum absolute atomic E-state index is 0.0692. The van der Waals surface area contributed by atoms with Crippen LogP contribution in [0.4, 0.5) is 17.5 Å². The summed E-state index contributed by atoms with van der Waals surface area (Å²) < 4.78 is 5.91. The molecule has 37 heavy (non-hydrogen) atoms. The number of aromatic nitrogens is 2. The second-order valence-electron chi connectivity index (χ2n) is 9.54. The smallest absolute Gasteiger partial charge is 0.281 e. The highest BCUT2D eigenvalue weighted by molar-refractivity contribution is 6.30. The summed E-state index contributed by atoms with van der Waals surface area (Å²) in [6, 6.07) is 16.9. The Morgan fingerprint density at radius 2 is 1.81 bits per heavy atom. The molecule has 9 nitrogen and oxygen atoms in total. The number of halogens is 1. The second kappa shape index (κ2) is 10.7.